The van der Waals surface area contributed by atoms with Crippen molar-refractivity contribution in [2.24, 2.45) is 5.92 Å². The number of amides is 3. The number of hydrogen-bond donors (Lipinski definition) is 2. The Kier molecular flexibility index (Phi) is 6.46. The first-order valence-electron chi connectivity index (χ1n) is 7.52. The lowest BCUT2D eigenvalue weighted by Crippen LogP contribution is -2.44. The van der Waals surface area contributed by atoms with Crippen molar-refractivity contribution in [2.45, 2.75) is 25.1 Å². The van der Waals surface area contributed by atoms with Crippen LogP contribution >= 0.6 is 11.8 Å². The monoisotopic (exact) mass is 336 g/mol. The highest BCUT2D eigenvalue weighted by Gasteiger charge is 2.35. The molecule has 7 heteroatoms. The summed E-state index contributed by atoms with van der Waals surface area (Å²) < 4.78 is 4.70. The lowest BCUT2D eigenvalue weighted by molar-refractivity contribution is -0.125. The zero-order valence-corrected chi connectivity index (χ0v) is 13.7. The number of rotatable bonds is 5. The predicted molar refractivity (Wildman–Crippen MR) is 87.8 cm³/mol. The maximum absolute atomic E-state index is 12.1. The van der Waals surface area contributed by atoms with Crippen molar-refractivity contribution in [2.75, 3.05) is 12.4 Å². The highest BCUT2D eigenvalue weighted by Crippen LogP contribution is 2.30. The van der Waals surface area contributed by atoms with Gasteiger partial charge in [-0.25, -0.2) is 4.79 Å². The van der Waals surface area contributed by atoms with Crippen LogP contribution in [0.2, 0.25) is 0 Å². The normalized spacial score (nSPS) is 19.9. The quantitative estimate of drug-likeness (QED) is 0.855. The fourth-order valence-electron chi connectivity index (χ4n) is 2.35. The summed E-state index contributed by atoms with van der Waals surface area (Å²) in [6.45, 7) is 1.87. The summed E-state index contributed by atoms with van der Waals surface area (Å²) in [4.78, 5) is 35.5. The molecule has 0 saturated carbocycles. The molecule has 1 heterocycles. The van der Waals surface area contributed by atoms with E-state index in [0.29, 0.717) is 6.42 Å². The molecule has 124 valence electrons. The highest BCUT2D eigenvalue weighted by atomic mass is 32.2. The van der Waals surface area contributed by atoms with Crippen molar-refractivity contribution >= 4 is 29.7 Å². The molecule has 0 aliphatic carbocycles. The van der Waals surface area contributed by atoms with E-state index in [4.69, 9.17) is 4.74 Å². The summed E-state index contributed by atoms with van der Waals surface area (Å²) in [5, 5.41) is 4.77. The van der Waals surface area contributed by atoms with Crippen LogP contribution in [0, 0.1) is 5.92 Å². The summed E-state index contributed by atoms with van der Waals surface area (Å²) in [6, 6.07) is 9.41. The van der Waals surface area contributed by atoms with Crippen molar-refractivity contribution in [1.29, 1.82) is 0 Å². The van der Waals surface area contributed by atoms with Crippen molar-refractivity contribution in [1.82, 2.24) is 10.6 Å². The number of imide groups is 1. The molecular formula is C16H20N2O4S. The van der Waals surface area contributed by atoms with Crippen LogP contribution in [-0.4, -0.2) is 35.6 Å². The Morgan fingerprint density at radius 2 is 2.00 bits per heavy atom. The van der Waals surface area contributed by atoms with Gasteiger partial charge in [0.05, 0.1) is 24.3 Å². The largest absolute Gasteiger partial charge is 0.450 e. The Balaban J connectivity index is 1.87. The van der Waals surface area contributed by atoms with E-state index in [9.17, 15) is 14.4 Å². The van der Waals surface area contributed by atoms with Gasteiger partial charge in [-0.15, -0.1) is 11.8 Å². The van der Waals surface area contributed by atoms with E-state index in [0.717, 1.165) is 11.3 Å². The van der Waals surface area contributed by atoms with Gasteiger partial charge in [0.1, 0.15) is 0 Å². The molecule has 3 amide bonds. The van der Waals surface area contributed by atoms with Gasteiger partial charge < -0.3 is 10.1 Å². The second-order valence-electron chi connectivity index (χ2n) is 5.13. The number of hydrogen-bond acceptors (Lipinski definition) is 5. The molecule has 1 aromatic rings. The molecular weight excluding hydrogens is 316 g/mol. The molecule has 0 aromatic heterocycles. The third kappa shape index (κ3) is 5.28. The number of carbonyl (C=O) groups excluding carboxylic acids is 3. The summed E-state index contributed by atoms with van der Waals surface area (Å²) in [5.74, 6) is -0.205. The number of nitrogens with one attached hydrogen (secondary N) is 2. The molecule has 2 atom stereocenters. The minimum Gasteiger partial charge on any atom is -0.450 e. The Hall–Kier alpha value is -2.02. The van der Waals surface area contributed by atoms with Crippen LogP contribution in [0.1, 0.15) is 18.9 Å². The van der Waals surface area contributed by atoms with Crippen molar-refractivity contribution < 1.29 is 19.1 Å². The van der Waals surface area contributed by atoms with E-state index in [1.54, 1.807) is 6.92 Å². The van der Waals surface area contributed by atoms with Crippen molar-refractivity contribution in [3.63, 3.8) is 0 Å². The van der Waals surface area contributed by atoms with E-state index in [-0.39, 0.29) is 24.3 Å². The van der Waals surface area contributed by atoms with Gasteiger partial charge in [-0.2, -0.15) is 0 Å². The lowest BCUT2D eigenvalue weighted by atomic mass is 10.1. The SMILES string of the molecule is CCOC(=O)NC(=O)C1CCSC1NC(=O)Cc1ccccc1. The number of alkyl carbamates (subject to hydrolysis) is 1. The van der Waals surface area contributed by atoms with Gasteiger partial charge in [0.25, 0.3) is 0 Å². The molecule has 1 saturated heterocycles. The third-order valence-electron chi connectivity index (χ3n) is 3.44. The number of thioether (sulfide) groups is 1. The highest BCUT2D eigenvalue weighted by molar-refractivity contribution is 8.00. The van der Waals surface area contributed by atoms with Crippen LogP contribution in [-0.2, 0) is 20.7 Å². The zero-order valence-electron chi connectivity index (χ0n) is 12.9. The minimum atomic E-state index is -0.747. The van der Waals surface area contributed by atoms with Crippen LogP contribution in [0.15, 0.2) is 30.3 Å². The van der Waals surface area contributed by atoms with Crippen LogP contribution in [0.4, 0.5) is 4.79 Å². The fraction of sp³-hybridized carbons (Fsp3) is 0.438. The topological polar surface area (TPSA) is 84.5 Å². The molecule has 2 rings (SSSR count). The van der Waals surface area contributed by atoms with E-state index in [1.807, 2.05) is 30.3 Å². The van der Waals surface area contributed by atoms with E-state index in [2.05, 4.69) is 10.6 Å². The zero-order chi connectivity index (χ0) is 16.7. The molecule has 1 aliphatic rings. The first kappa shape index (κ1) is 17.3. The summed E-state index contributed by atoms with van der Waals surface area (Å²) in [6.07, 6.45) is 0.139. The van der Waals surface area contributed by atoms with Gasteiger partial charge in [0, 0.05) is 0 Å². The number of carbonyl (C=O) groups is 3. The standard InChI is InChI=1S/C16H20N2O4S/c1-2-22-16(21)18-14(20)12-8-9-23-15(12)17-13(19)10-11-6-4-3-5-7-11/h3-7,12,15H,2,8-10H2,1H3,(H,17,19)(H,18,20,21). The van der Waals surface area contributed by atoms with E-state index < -0.39 is 17.9 Å². The molecule has 0 radical (unpaired) electrons. The summed E-state index contributed by atoms with van der Waals surface area (Å²) in [5.41, 5.74) is 0.917. The van der Waals surface area contributed by atoms with Crippen molar-refractivity contribution in [3.05, 3.63) is 35.9 Å². The molecule has 0 spiro atoms. The second-order valence-corrected chi connectivity index (χ2v) is 6.38. The van der Waals surface area contributed by atoms with Crippen molar-refractivity contribution in [3.8, 4) is 0 Å². The summed E-state index contributed by atoms with van der Waals surface area (Å²) in [7, 11) is 0. The second kappa shape index (κ2) is 8.57. The minimum absolute atomic E-state index is 0.135. The predicted octanol–water partition coefficient (Wildman–Crippen LogP) is 1.70. The molecule has 1 fully saturated rings. The van der Waals surface area contributed by atoms with Crippen LogP contribution in [0.3, 0.4) is 0 Å². The Morgan fingerprint density at radius 1 is 1.26 bits per heavy atom. The number of benzene rings is 1. The van der Waals surface area contributed by atoms with Crippen LogP contribution in [0.5, 0.6) is 0 Å². The first-order chi connectivity index (χ1) is 11.1. The van der Waals surface area contributed by atoms with Crippen LogP contribution < -0.4 is 10.6 Å². The molecule has 0 bridgehead atoms. The van der Waals surface area contributed by atoms with E-state index >= 15 is 0 Å². The van der Waals surface area contributed by atoms with Gasteiger partial charge in [-0.05, 0) is 24.7 Å². The molecule has 23 heavy (non-hydrogen) atoms. The smallest absolute Gasteiger partial charge is 0.413 e. The van der Waals surface area contributed by atoms with Gasteiger partial charge >= 0.3 is 6.09 Å². The Labute approximate surface area is 139 Å². The van der Waals surface area contributed by atoms with Gasteiger partial charge in [-0.3, -0.25) is 14.9 Å². The van der Waals surface area contributed by atoms with Gasteiger partial charge in [0.2, 0.25) is 11.8 Å². The molecule has 2 unspecified atom stereocenters. The molecule has 2 N–H and O–H groups in total. The Bertz CT molecular complexity index is 564. The Morgan fingerprint density at radius 3 is 2.70 bits per heavy atom. The third-order valence-corrected chi connectivity index (χ3v) is 4.72. The molecule has 6 nitrogen and oxygen atoms in total. The molecule has 1 aromatic carbocycles. The average molecular weight is 336 g/mol. The first-order valence-corrected chi connectivity index (χ1v) is 8.57. The van der Waals surface area contributed by atoms with E-state index in [1.165, 1.54) is 11.8 Å². The molecule has 1 aliphatic heterocycles. The van der Waals surface area contributed by atoms with Gasteiger partial charge in [-0.1, -0.05) is 30.3 Å². The van der Waals surface area contributed by atoms with Gasteiger partial charge in [0.15, 0.2) is 0 Å². The van der Waals surface area contributed by atoms with Crippen LogP contribution in [0.25, 0.3) is 0 Å². The number of ether oxygens (including phenoxy) is 1. The summed E-state index contributed by atoms with van der Waals surface area (Å²) >= 11 is 1.51. The maximum atomic E-state index is 12.1. The lowest BCUT2D eigenvalue weighted by Gasteiger charge is -2.19. The maximum Gasteiger partial charge on any atom is 0.413 e. The fourth-order valence-corrected chi connectivity index (χ4v) is 3.70. The average Bonchev–Trinajstić information content (AvgIpc) is 2.96.